The number of aryl methyl sites for hydroxylation is 1. The van der Waals surface area contributed by atoms with E-state index >= 15 is 0 Å². The van der Waals surface area contributed by atoms with Gasteiger partial charge in [-0.2, -0.15) is 5.26 Å². The molecule has 1 aromatic rings. The summed E-state index contributed by atoms with van der Waals surface area (Å²) in [5.74, 6) is 0.134. The fourth-order valence-electron chi connectivity index (χ4n) is 1.96. The van der Waals surface area contributed by atoms with Gasteiger partial charge in [-0.3, -0.25) is 0 Å². The van der Waals surface area contributed by atoms with Crippen LogP contribution in [0.4, 0.5) is 0 Å². The first-order valence-corrected chi connectivity index (χ1v) is 4.82. The van der Waals surface area contributed by atoms with Gasteiger partial charge in [0.2, 0.25) is 0 Å². The standard InChI is InChI=1S/C12H13NO/c1-9-2-4-10(5-3-9)12(8-13)6-11(12)7-14/h2-5,11,14H,6-7H2,1H3/t11-,12?/m1/s1. The van der Waals surface area contributed by atoms with Crippen LogP contribution >= 0.6 is 0 Å². The van der Waals surface area contributed by atoms with E-state index in [2.05, 4.69) is 6.07 Å². The van der Waals surface area contributed by atoms with Gasteiger partial charge in [0.15, 0.2) is 0 Å². The third kappa shape index (κ3) is 1.21. The normalized spacial score (nSPS) is 29.6. The average molecular weight is 187 g/mol. The molecule has 1 aliphatic carbocycles. The van der Waals surface area contributed by atoms with E-state index < -0.39 is 5.41 Å². The summed E-state index contributed by atoms with van der Waals surface area (Å²) in [5.41, 5.74) is 1.84. The van der Waals surface area contributed by atoms with E-state index in [4.69, 9.17) is 10.4 Å². The highest BCUT2D eigenvalue weighted by Crippen LogP contribution is 2.53. The van der Waals surface area contributed by atoms with E-state index in [1.54, 1.807) is 0 Å². The van der Waals surface area contributed by atoms with E-state index in [1.165, 1.54) is 5.56 Å². The molecule has 2 rings (SSSR count). The van der Waals surface area contributed by atoms with E-state index in [0.717, 1.165) is 12.0 Å². The second-order valence-electron chi connectivity index (χ2n) is 4.03. The molecule has 0 saturated heterocycles. The summed E-state index contributed by atoms with van der Waals surface area (Å²) >= 11 is 0. The highest BCUT2D eigenvalue weighted by molar-refractivity contribution is 5.42. The van der Waals surface area contributed by atoms with Gasteiger partial charge in [0, 0.05) is 12.5 Å². The summed E-state index contributed by atoms with van der Waals surface area (Å²) in [6.07, 6.45) is 0.795. The van der Waals surface area contributed by atoms with Crippen molar-refractivity contribution in [2.45, 2.75) is 18.8 Å². The molecule has 1 aliphatic rings. The minimum atomic E-state index is -0.400. The molecule has 0 radical (unpaired) electrons. The number of nitriles is 1. The fraction of sp³-hybridized carbons (Fsp3) is 0.417. The molecule has 1 N–H and O–H groups in total. The van der Waals surface area contributed by atoms with Crippen molar-refractivity contribution in [1.29, 1.82) is 5.26 Å². The van der Waals surface area contributed by atoms with Gasteiger partial charge >= 0.3 is 0 Å². The molecule has 72 valence electrons. The van der Waals surface area contributed by atoms with Gasteiger partial charge in [0.05, 0.1) is 11.5 Å². The predicted molar refractivity (Wildman–Crippen MR) is 53.7 cm³/mol. The monoisotopic (exact) mass is 187 g/mol. The lowest BCUT2D eigenvalue weighted by Crippen LogP contribution is -2.08. The summed E-state index contributed by atoms with van der Waals surface area (Å²) in [7, 11) is 0. The summed E-state index contributed by atoms with van der Waals surface area (Å²) in [6, 6.07) is 10.3. The van der Waals surface area contributed by atoms with Crippen molar-refractivity contribution in [2.24, 2.45) is 5.92 Å². The molecule has 2 heteroatoms. The minimum absolute atomic E-state index is 0.113. The smallest absolute Gasteiger partial charge is 0.0877 e. The van der Waals surface area contributed by atoms with Crippen LogP contribution in [0.2, 0.25) is 0 Å². The Kier molecular flexibility index (Phi) is 2.05. The Morgan fingerprint density at radius 3 is 2.57 bits per heavy atom. The van der Waals surface area contributed by atoms with E-state index in [-0.39, 0.29) is 12.5 Å². The zero-order chi connectivity index (χ0) is 10.2. The number of hydrogen-bond donors (Lipinski definition) is 1. The zero-order valence-electron chi connectivity index (χ0n) is 8.20. The second-order valence-corrected chi connectivity index (χ2v) is 4.03. The van der Waals surface area contributed by atoms with Crippen molar-refractivity contribution in [3.05, 3.63) is 35.4 Å². The van der Waals surface area contributed by atoms with Gasteiger partial charge in [-0.05, 0) is 18.9 Å². The van der Waals surface area contributed by atoms with Crippen LogP contribution in [-0.4, -0.2) is 11.7 Å². The van der Waals surface area contributed by atoms with Gasteiger partial charge < -0.3 is 5.11 Å². The van der Waals surface area contributed by atoms with Crippen LogP contribution in [0.3, 0.4) is 0 Å². The lowest BCUT2D eigenvalue weighted by molar-refractivity contribution is 0.269. The van der Waals surface area contributed by atoms with E-state index in [1.807, 2.05) is 31.2 Å². The largest absolute Gasteiger partial charge is 0.396 e. The number of nitrogens with zero attached hydrogens (tertiary/aromatic N) is 1. The Morgan fingerprint density at radius 2 is 2.14 bits per heavy atom. The molecule has 0 aliphatic heterocycles. The van der Waals surface area contributed by atoms with Crippen LogP contribution in [0.5, 0.6) is 0 Å². The lowest BCUT2D eigenvalue weighted by Gasteiger charge is -2.08. The summed E-state index contributed by atoms with van der Waals surface area (Å²) in [6.45, 7) is 2.14. The zero-order valence-corrected chi connectivity index (χ0v) is 8.20. The van der Waals surface area contributed by atoms with Crippen LogP contribution in [0.15, 0.2) is 24.3 Å². The van der Waals surface area contributed by atoms with Gasteiger partial charge in [-0.15, -0.1) is 0 Å². The first kappa shape index (κ1) is 9.23. The molecule has 2 atom stereocenters. The number of aliphatic hydroxyl groups is 1. The summed E-state index contributed by atoms with van der Waals surface area (Å²) < 4.78 is 0. The molecule has 1 aromatic carbocycles. The van der Waals surface area contributed by atoms with Gasteiger partial charge in [-0.25, -0.2) is 0 Å². The lowest BCUT2D eigenvalue weighted by atomic mass is 9.94. The molecule has 1 fully saturated rings. The highest BCUT2D eigenvalue weighted by Gasteiger charge is 2.55. The molecule has 0 heterocycles. The topological polar surface area (TPSA) is 44.0 Å². The SMILES string of the molecule is Cc1ccc(C2(C#N)C[C@@H]2CO)cc1. The quantitative estimate of drug-likeness (QED) is 0.766. The van der Waals surface area contributed by atoms with Crippen molar-refractivity contribution < 1.29 is 5.11 Å². The molecule has 2 nitrogen and oxygen atoms in total. The number of aliphatic hydroxyl groups excluding tert-OH is 1. The first-order chi connectivity index (χ1) is 6.73. The molecule has 0 amide bonds. The minimum Gasteiger partial charge on any atom is -0.396 e. The Labute approximate surface area is 83.8 Å². The Balaban J connectivity index is 2.32. The Bertz CT molecular complexity index is 376. The molecule has 0 aromatic heterocycles. The third-order valence-corrected chi connectivity index (χ3v) is 3.09. The second kappa shape index (κ2) is 3.11. The number of rotatable bonds is 2. The van der Waals surface area contributed by atoms with Gasteiger partial charge in [0.25, 0.3) is 0 Å². The van der Waals surface area contributed by atoms with Crippen LogP contribution in [0.25, 0.3) is 0 Å². The molecular weight excluding hydrogens is 174 g/mol. The summed E-state index contributed by atoms with van der Waals surface area (Å²) in [5, 5.41) is 18.2. The predicted octanol–water partition coefficient (Wildman–Crippen LogP) is 1.77. The molecule has 14 heavy (non-hydrogen) atoms. The van der Waals surface area contributed by atoms with Crippen LogP contribution in [-0.2, 0) is 5.41 Å². The van der Waals surface area contributed by atoms with Crippen molar-refractivity contribution in [1.82, 2.24) is 0 Å². The maximum absolute atomic E-state index is 9.12. The average Bonchev–Trinajstić information content (AvgIpc) is 2.94. The van der Waals surface area contributed by atoms with Gasteiger partial charge in [-0.1, -0.05) is 29.8 Å². The summed E-state index contributed by atoms with van der Waals surface area (Å²) in [4.78, 5) is 0. The van der Waals surface area contributed by atoms with Crippen molar-refractivity contribution in [3.8, 4) is 6.07 Å². The number of hydrogen-bond acceptors (Lipinski definition) is 2. The molecule has 1 saturated carbocycles. The maximum Gasteiger partial charge on any atom is 0.0877 e. The highest BCUT2D eigenvalue weighted by atomic mass is 16.3. The molecule has 0 bridgehead atoms. The van der Waals surface area contributed by atoms with E-state index in [0.29, 0.717) is 0 Å². The Hall–Kier alpha value is -1.33. The van der Waals surface area contributed by atoms with Crippen molar-refractivity contribution >= 4 is 0 Å². The molecule has 1 unspecified atom stereocenters. The maximum atomic E-state index is 9.12. The van der Waals surface area contributed by atoms with Crippen LogP contribution < -0.4 is 0 Å². The fourth-order valence-corrected chi connectivity index (χ4v) is 1.96. The first-order valence-electron chi connectivity index (χ1n) is 4.82. The van der Waals surface area contributed by atoms with Crippen LogP contribution in [0, 0.1) is 24.2 Å². The Morgan fingerprint density at radius 1 is 1.50 bits per heavy atom. The third-order valence-electron chi connectivity index (χ3n) is 3.09. The molecule has 0 spiro atoms. The van der Waals surface area contributed by atoms with Crippen LogP contribution in [0.1, 0.15) is 17.5 Å². The van der Waals surface area contributed by atoms with Gasteiger partial charge in [0.1, 0.15) is 0 Å². The van der Waals surface area contributed by atoms with E-state index in [9.17, 15) is 0 Å². The molecular formula is C12H13NO. The van der Waals surface area contributed by atoms with Crippen molar-refractivity contribution in [2.75, 3.05) is 6.61 Å². The van der Waals surface area contributed by atoms with Crippen molar-refractivity contribution in [3.63, 3.8) is 0 Å². The number of benzene rings is 1.